The average molecular weight is 891 g/mol. The molecule has 9 heteroatoms. The van der Waals surface area contributed by atoms with Crippen molar-refractivity contribution in [2.75, 3.05) is 0 Å². The summed E-state index contributed by atoms with van der Waals surface area (Å²) in [6.07, 6.45) is 3.32. The number of nitrogens with zero attached hydrogens (tertiary/aromatic N) is 4. The highest BCUT2D eigenvalue weighted by Crippen LogP contribution is 2.34. The average Bonchev–Trinajstić information content (AvgIpc) is 3.30. The molecule has 0 saturated carbocycles. The van der Waals surface area contributed by atoms with Crippen LogP contribution in [0.15, 0.2) is 162 Å². The summed E-state index contributed by atoms with van der Waals surface area (Å²) in [6.45, 7) is 0. The molecule has 0 unspecified atom stereocenters. The van der Waals surface area contributed by atoms with Gasteiger partial charge in [0.1, 0.15) is 0 Å². The number of fused-ring (bicyclic) bond motifs is 8. The first-order chi connectivity index (χ1) is 30.5. The third-order valence-corrected chi connectivity index (χ3v) is 9.21. The Morgan fingerprint density at radius 3 is 1.44 bits per heavy atom. The SMILES string of the molecule is C.I.[2H]c1c([2H])c([2H])c2c(-c3ccc4ccc5cccnc5c4n3)c([2H])c([2H])c(B(O)O)c2c1[2H].[2H]c1c([2H])c([2H])c2c(-c3ccc4ccc5cccnc5c4n3)c([2H])c([2H])c(Br)c2c1[2H]. The molecule has 10 rings (SSSR count). The molecule has 0 fully saturated rings. The fourth-order valence-corrected chi connectivity index (χ4v) is 6.56. The highest BCUT2D eigenvalue weighted by Gasteiger charge is 2.17. The molecule has 6 nitrogen and oxygen atoms in total. The van der Waals surface area contributed by atoms with Crippen molar-refractivity contribution in [1.29, 1.82) is 0 Å². The molecule has 2 N–H and O–H groups in total. The van der Waals surface area contributed by atoms with Gasteiger partial charge in [0, 0.05) is 49.5 Å². The summed E-state index contributed by atoms with van der Waals surface area (Å²) in [5, 5.41) is 23.2. The summed E-state index contributed by atoms with van der Waals surface area (Å²) in [6, 6.07) is 17.4. The van der Waals surface area contributed by atoms with Gasteiger partial charge in [-0.05, 0) is 57.3 Å². The molecule has 0 aliphatic rings. The Morgan fingerprint density at radius 2 is 0.926 bits per heavy atom. The number of rotatable bonds is 3. The molecule has 0 radical (unpaired) electrons. The van der Waals surface area contributed by atoms with E-state index in [-0.39, 0.29) is 104 Å². The topological polar surface area (TPSA) is 92.0 Å². The maximum atomic E-state index is 9.90. The van der Waals surface area contributed by atoms with Crippen LogP contribution in [0.2, 0.25) is 0 Å². The van der Waals surface area contributed by atoms with E-state index in [9.17, 15) is 10.0 Å². The van der Waals surface area contributed by atoms with Gasteiger partial charge >= 0.3 is 7.12 Å². The lowest BCUT2D eigenvalue weighted by Crippen LogP contribution is -2.30. The zero-order valence-electron chi connectivity index (χ0n) is 39.1. The van der Waals surface area contributed by atoms with Crippen molar-refractivity contribution in [2.45, 2.75) is 7.43 Å². The smallest absolute Gasteiger partial charge is 0.423 e. The second-order valence-corrected chi connectivity index (χ2v) is 12.5. The minimum Gasteiger partial charge on any atom is -0.423 e. The van der Waals surface area contributed by atoms with Crippen molar-refractivity contribution in [3.05, 3.63) is 162 Å². The summed E-state index contributed by atoms with van der Waals surface area (Å²) in [5.74, 6) is 0. The number of benzene rings is 6. The molecule has 4 aromatic heterocycles. The zero-order valence-corrected chi connectivity index (χ0v) is 31.0. The predicted octanol–water partition coefficient (Wildman–Crippen LogP) is 10.9. The molecule has 0 aliphatic heterocycles. The van der Waals surface area contributed by atoms with E-state index in [1.165, 1.54) is 0 Å². The van der Waals surface area contributed by atoms with Crippen LogP contribution in [0.25, 0.3) is 87.7 Å². The van der Waals surface area contributed by atoms with Crippen LogP contribution in [-0.4, -0.2) is 37.1 Å². The number of pyridine rings is 4. The highest BCUT2D eigenvalue weighted by atomic mass is 127. The van der Waals surface area contributed by atoms with Crippen LogP contribution in [-0.2, 0) is 0 Å². The van der Waals surface area contributed by atoms with Crippen LogP contribution < -0.4 is 5.46 Å². The van der Waals surface area contributed by atoms with Gasteiger partial charge in [0.05, 0.1) is 49.9 Å². The Bertz CT molecular complexity index is 3680. The highest BCUT2D eigenvalue weighted by molar-refractivity contribution is 14.0. The van der Waals surface area contributed by atoms with E-state index in [0.29, 0.717) is 27.8 Å². The summed E-state index contributed by atoms with van der Waals surface area (Å²) >= 11 is 3.27. The molecule has 0 spiro atoms. The molecular weight excluding hydrogens is 846 g/mol. The van der Waals surface area contributed by atoms with E-state index in [1.54, 1.807) is 36.7 Å². The van der Waals surface area contributed by atoms with Crippen molar-refractivity contribution in [2.24, 2.45) is 0 Å². The molecule has 0 bridgehead atoms. The number of hydrogen-bond acceptors (Lipinski definition) is 6. The van der Waals surface area contributed by atoms with Crippen LogP contribution in [0.5, 0.6) is 0 Å². The van der Waals surface area contributed by atoms with Gasteiger partial charge in [-0.25, -0.2) is 9.97 Å². The van der Waals surface area contributed by atoms with Crippen molar-refractivity contribution in [3.8, 4) is 22.5 Å². The largest absolute Gasteiger partial charge is 0.489 e. The lowest BCUT2D eigenvalue weighted by molar-refractivity contribution is 0.426. The van der Waals surface area contributed by atoms with E-state index in [0.717, 1.165) is 21.5 Å². The number of aromatic nitrogens is 4. The second-order valence-electron chi connectivity index (χ2n) is 11.7. The molecule has 0 saturated heterocycles. The van der Waals surface area contributed by atoms with E-state index in [2.05, 4.69) is 30.9 Å². The Hall–Kier alpha value is -5.33. The normalized spacial score (nSPS) is 14.1. The van der Waals surface area contributed by atoms with Crippen LogP contribution in [0, 0.1) is 0 Å². The summed E-state index contributed by atoms with van der Waals surface area (Å²) in [5.41, 5.74) is 2.82. The Labute approximate surface area is 354 Å². The van der Waals surface area contributed by atoms with Gasteiger partial charge in [0.2, 0.25) is 0 Å². The lowest BCUT2D eigenvalue weighted by atomic mass is 9.76. The summed E-state index contributed by atoms with van der Waals surface area (Å²) < 4.78 is 100.0. The standard InChI is InChI=1S/C22H15BN2O2.C22H13BrN2.CH4.HI/c26-23(27)19-11-10-18(16-5-1-2-6-17(16)19)20-12-9-15-8-7-14-4-3-13-24-21(14)22(15)25-20;23-19-11-10-18(16-5-1-2-6-17(16)19)20-12-9-15-8-7-14-4-3-13-24-21(14)22(15)25-20;;/h1-13,26-27H;1-13H;1H4;1H/i2*1D,2D,5D,6D,10D,11D;;. The molecule has 262 valence electrons. The predicted molar refractivity (Wildman–Crippen MR) is 240 cm³/mol. The van der Waals surface area contributed by atoms with Gasteiger partial charge in [-0.1, -0.05) is 138 Å². The molecule has 54 heavy (non-hydrogen) atoms. The third-order valence-electron chi connectivity index (χ3n) is 8.62. The Balaban J connectivity index is 0.000000191. The molecule has 4 heterocycles. The van der Waals surface area contributed by atoms with Gasteiger partial charge in [-0.3, -0.25) is 9.97 Å². The van der Waals surface area contributed by atoms with Crippen LogP contribution in [0.4, 0.5) is 0 Å². The third kappa shape index (κ3) is 6.69. The first kappa shape index (κ1) is 24.9. The maximum absolute atomic E-state index is 9.90. The number of hydrogen-bond donors (Lipinski definition) is 2. The van der Waals surface area contributed by atoms with Crippen LogP contribution >= 0.6 is 39.9 Å². The Kier molecular flexibility index (Phi) is 7.18. The van der Waals surface area contributed by atoms with E-state index in [1.807, 2.05) is 48.5 Å². The zero-order chi connectivity index (χ0) is 45.6. The minimum absolute atomic E-state index is 0. The van der Waals surface area contributed by atoms with Gasteiger partial charge in [0.15, 0.2) is 0 Å². The van der Waals surface area contributed by atoms with Crippen LogP contribution in [0.1, 0.15) is 23.9 Å². The number of halogens is 2. The summed E-state index contributed by atoms with van der Waals surface area (Å²) in [4.78, 5) is 18.3. The maximum Gasteiger partial charge on any atom is 0.489 e. The monoisotopic (exact) mass is 890 g/mol. The minimum atomic E-state index is -2.20. The molecule has 0 amide bonds. The fraction of sp³-hybridized carbons (Fsp3) is 0.0222. The molecule has 10 aromatic rings. The van der Waals surface area contributed by atoms with Crippen molar-refractivity contribution < 1.29 is 26.5 Å². The molecule has 6 aromatic carbocycles. The Morgan fingerprint density at radius 1 is 0.500 bits per heavy atom. The molecule has 0 atom stereocenters. The van der Waals surface area contributed by atoms with Crippen molar-refractivity contribution >= 4 is 118 Å². The summed E-state index contributed by atoms with van der Waals surface area (Å²) in [7, 11) is -2.20. The van der Waals surface area contributed by atoms with E-state index < -0.39 is 54.9 Å². The first-order valence-corrected chi connectivity index (χ1v) is 16.7. The van der Waals surface area contributed by atoms with E-state index in [4.69, 9.17) is 21.4 Å². The van der Waals surface area contributed by atoms with Crippen LogP contribution in [0.3, 0.4) is 0 Å². The van der Waals surface area contributed by atoms with Gasteiger partial charge in [-0.15, -0.1) is 24.0 Å². The van der Waals surface area contributed by atoms with E-state index >= 15 is 0 Å². The fourth-order valence-electron chi connectivity index (χ4n) is 6.17. The van der Waals surface area contributed by atoms with Gasteiger partial charge in [0.25, 0.3) is 0 Å². The second kappa shape index (κ2) is 15.6. The molecular formula is C45H33BBrIN4O2. The lowest BCUT2D eigenvalue weighted by Gasteiger charge is -2.11. The van der Waals surface area contributed by atoms with Crippen molar-refractivity contribution in [1.82, 2.24) is 19.9 Å². The molecule has 0 aliphatic carbocycles. The van der Waals surface area contributed by atoms with Gasteiger partial charge in [-0.2, -0.15) is 0 Å². The van der Waals surface area contributed by atoms with Crippen molar-refractivity contribution in [3.63, 3.8) is 0 Å². The quantitative estimate of drug-likeness (QED) is 0.104. The first-order valence-electron chi connectivity index (χ1n) is 21.9. The van der Waals surface area contributed by atoms with Gasteiger partial charge < -0.3 is 10.0 Å².